The second kappa shape index (κ2) is 9.77. The largest absolute Gasteiger partial charge is 0.461 e. The van der Waals surface area contributed by atoms with E-state index in [1.807, 2.05) is 45.0 Å². The number of aryl methyl sites for hydroxylation is 1. The van der Waals surface area contributed by atoms with E-state index < -0.39 is 0 Å². The minimum atomic E-state index is -0.328. The molecule has 22 heavy (non-hydrogen) atoms. The van der Waals surface area contributed by atoms with Gasteiger partial charge in [0.1, 0.15) is 12.4 Å². The van der Waals surface area contributed by atoms with Crippen LogP contribution < -0.4 is 4.74 Å². The number of ether oxygens (including phenoxy) is 2. The van der Waals surface area contributed by atoms with E-state index in [1.54, 1.807) is 6.07 Å². The predicted octanol–water partition coefficient (Wildman–Crippen LogP) is 3.83. The zero-order valence-corrected chi connectivity index (χ0v) is 13.6. The van der Waals surface area contributed by atoms with Gasteiger partial charge in [0.05, 0.1) is 0 Å². The first-order chi connectivity index (χ1) is 10.5. The molecule has 0 saturated heterocycles. The van der Waals surface area contributed by atoms with Crippen molar-refractivity contribution in [3.05, 3.63) is 41.5 Å². The Balaban J connectivity index is 2.25. The molecule has 0 atom stereocenters. The second-order valence-corrected chi connectivity index (χ2v) is 5.29. The molecular weight excluding hydrogens is 280 g/mol. The third kappa shape index (κ3) is 7.62. The van der Waals surface area contributed by atoms with Gasteiger partial charge in [-0.2, -0.15) is 0 Å². The molecule has 0 unspecified atom stereocenters. The fraction of sp³-hybridized carbons (Fsp3) is 0.444. The molecule has 120 valence electrons. The SMILES string of the molecule is CCc1cccc(OC(=O)CCCC(=O)OCC=C(C)C)c1. The fourth-order valence-electron chi connectivity index (χ4n) is 1.76. The number of allylic oxidation sites excluding steroid dienone is 1. The minimum Gasteiger partial charge on any atom is -0.461 e. The van der Waals surface area contributed by atoms with E-state index in [4.69, 9.17) is 9.47 Å². The molecular formula is C18H24O4. The molecule has 0 heterocycles. The number of carbonyl (C=O) groups excluding carboxylic acids is 2. The maximum atomic E-state index is 11.7. The van der Waals surface area contributed by atoms with Gasteiger partial charge in [-0.25, -0.2) is 0 Å². The van der Waals surface area contributed by atoms with Gasteiger partial charge in [0.15, 0.2) is 0 Å². The zero-order chi connectivity index (χ0) is 16.4. The van der Waals surface area contributed by atoms with Crippen LogP contribution in [0, 0.1) is 0 Å². The van der Waals surface area contributed by atoms with Gasteiger partial charge in [-0.1, -0.05) is 24.6 Å². The summed E-state index contributed by atoms with van der Waals surface area (Å²) >= 11 is 0. The van der Waals surface area contributed by atoms with E-state index in [2.05, 4.69) is 0 Å². The molecule has 0 N–H and O–H groups in total. The maximum Gasteiger partial charge on any atom is 0.311 e. The van der Waals surface area contributed by atoms with Crippen LogP contribution in [0.4, 0.5) is 0 Å². The average Bonchev–Trinajstić information content (AvgIpc) is 2.47. The first-order valence-corrected chi connectivity index (χ1v) is 7.60. The van der Waals surface area contributed by atoms with Gasteiger partial charge in [-0.15, -0.1) is 0 Å². The lowest BCUT2D eigenvalue weighted by Crippen LogP contribution is -2.10. The Morgan fingerprint density at radius 1 is 1.14 bits per heavy atom. The van der Waals surface area contributed by atoms with Crippen LogP contribution in [-0.4, -0.2) is 18.5 Å². The molecule has 4 nitrogen and oxygen atoms in total. The highest BCUT2D eigenvalue weighted by molar-refractivity contribution is 5.74. The van der Waals surface area contributed by atoms with E-state index in [0.717, 1.165) is 17.6 Å². The van der Waals surface area contributed by atoms with Crippen LogP contribution in [0.5, 0.6) is 5.75 Å². The normalized spacial score (nSPS) is 9.95. The van der Waals surface area contributed by atoms with Gasteiger partial charge in [0.2, 0.25) is 0 Å². The molecule has 1 rings (SSSR count). The van der Waals surface area contributed by atoms with Crippen LogP contribution in [-0.2, 0) is 20.7 Å². The van der Waals surface area contributed by atoms with E-state index >= 15 is 0 Å². The molecule has 1 aromatic rings. The maximum absolute atomic E-state index is 11.7. The quantitative estimate of drug-likeness (QED) is 0.416. The number of esters is 2. The summed E-state index contributed by atoms with van der Waals surface area (Å²) < 4.78 is 10.3. The van der Waals surface area contributed by atoms with Crippen molar-refractivity contribution in [2.45, 2.75) is 46.5 Å². The summed E-state index contributed by atoms with van der Waals surface area (Å²) in [4.78, 5) is 23.2. The summed E-state index contributed by atoms with van der Waals surface area (Å²) in [5.41, 5.74) is 2.22. The van der Waals surface area contributed by atoms with Crippen LogP contribution >= 0.6 is 0 Å². The first kappa shape index (κ1) is 18.0. The van der Waals surface area contributed by atoms with Crippen molar-refractivity contribution in [1.29, 1.82) is 0 Å². The molecule has 0 bridgehead atoms. The van der Waals surface area contributed by atoms with Crippen LogP contribution in [0.15, 0.2) is 35.9 Å². The molecule has 0 saturated carbocycles. The summed E-state index contributed by atoms with van der Waals surface area (Å²) in [6, 6.07) is 7.46. The Morgan fingerprint density at radius 2 is 1.86 bits per heavy atom. The van der Waals surface area contributed by atoms with Crippen LogP contribution in [0.1, 0.15) is 45.6 Å². The smallest absolute Gasteiger partial charge is 0.311 e. The number of hydrogen-bond donors (Lipinski definition) is 0. The Morgan fingerprint density at radius 3 is 2.55 bits per heavy atom. The van der Waals surface area contributed by atoms with Crippen LogP contribution in [0.3, 0.4) is 0 Å². The van der Waals surface area contributed by atoms with Gasteiger partial charge < -0.3 is 9.47 Å². The Kier molecular flexibility index (Phi) is 7.97. The summed E-state index contributed by atoms with van der Waals surface area (Å²) in [5.74, 6) is -0.0703. The Hall–Kier alpha value is -2.10. The molecule has 0 aliphatic heterocycles. The van der Waals surface area contributed by atoms with Gasteiger partial charge >= 0.3 is 11.9 Å². The summed E-state index contributed by atoms with van der Waals surface area (Å²) in [5, 5.41) is 0. The van der Waals surface area contributed by atoms with Crippen molar-refractivity contribution < 1.29 is 19.1 Å². The number of rotatable bonds is 8. The van der Waals surface area contributed by atoms with Gasteiger partial charge in [0, 0.05) is 12.8 Å². The highest BCUT2D eigenvalue weighted by atomic mass is 16.5. The Labute approximate surface area is 132 Å². The van der Waals surface area contributed by atoms with Crippen LogP contribution in [0.25, 0.3) is 0 Å². The highest BCUT2D eigenvalue weighted by Gasteiger charge is 2.08. The van der Waals surface area contributed by atoms with Crippen LogP contribution in [0.2, 0.25) is 0 Å². The van der Waals surface area contributed by atoms with E-state index in [-0.39, 0.29) is 31.4 Å². The third-order valence-electron chi connectivity index (χ3n) is 3.04. The monoisotopic (exact) mass is 304 g/mol. The molecule has 0 fully saturated rings. The van der Waals surface area contributed by atoms with Crippen molar-refractivity contribution in [2.75, 3.05) is 6.61 Å². The number of benzene rings is 1. The standard InChI is InChI=1S/C18H24O4/c1-4-15-7-5-8-16(13-15)22-18(20)10-6-9-17(19)21-12-11-14(2)3/h5,7-8,11,13H,4,6,9-10,12H2,1-3H3. The minimum absolute atomic E-state index is 0.202. The van der Waals surface area contributed by atoms with Gasteiger partial charge in [0.25, 0.3) is 0 Å². The molecule has 0 aromatic heterocycles. The summed E-state index contributed by atoms with van der Waals surface area (Å²) in [6.07, 6.45) is 3.59. The summed E-state index contributed by atoms with van der Waals surface area (Å²) in [7, 11) is 0. The first-order valence-electron chi connectivity index (χ1n) is 7.60. The zero-order valence-electron chi connectivity index (χ0n) is 13.6. The van der Waals surface area contributed by atoms with Gasteiger partial charge in [-0.3, -0.25) is 9.59 Å². The topological polar surface area (TPSA) is 52.6 Å². The lowest BCUT2D eigenvalue weighted by molar-refractivity contribution is -0.142. The lowest BCUT2D eigenvalue weighted by atomic mass is 10.2. The fourth-order valence-corrected chi connectivity index (χ4v) is 1.76. The molecule has 1 aromatic carbocycles. The summed E-state index contributed by atoms with van der Waals surface area (Å²) in [6.45, 7) is 6.21. The Bertz CT molecular complexity index is 528. The van der Waals surface area contributed by atoms with Crippen molar-refractivity contribution in [1.82, 2.24) is 0 Å². The second-order valence-electron chi connectivity index (χ2n) is 5.29. The van der Waals surface area contributed by atoms with E-state index in [1.165, 1.54) is 0 Å². The predicted molar refractivity (Wildman–Crippen MR) is 85.7 cm³/mol. The third-order valence-corrected chi connectivity index (χ3v) is 3.04. The average molecular weight is 304 g/mol. The van der Waals surface area contributed by atoms with Crippen molar-refractivity contribution in [3.8, 4) is 5.75 Å². The van der Waals surface area contributed by atoms with Crippen molar-refractivity contribution >= 4 is 11.9 Å². The number of hydrogen-bond acceptors (Lipinski definition) is 4. The molecule has 0 spiro atoms. The van der Waals surface area contributed by atoms with E-state index in [9.17, 15) is 9.59 Å². The van der Waals surface area contributed by atoms with Crippen molar-refractivity contribution in [2.24, 2.45) is 0 Å². The molecule has 0 radical (unpaired) electrons. The van der Waals surface area contributed by atoms with Gasteiger partial charge in [-0.05, 0) is 50.5 Å². The van der Waals surface area contributed by atoms with Crippen molar-refractivity contribution in [3.63, 3.8) is 0 Å². The molecule has 0 amide bonds. The molecule has 0 aliphatic rings. The number of carbonyl (C=O) groups is 2. The lowest BCUT2D eigenvalue weighted by Gasteiger charge is -2.06. The van der Waals surface area contributed by atoms with E-state index in [0.29, 0.717) is 12.2 Å². The highest BCUT2D eigenvalue weighted by Crippen LogP contribution is 2.14. The molecule has 4 heteroatoms. The molecule has 0 aliphatic carbocycles.